The van der Waals surface area contributed by atoms with Gasteiger partial charge in [-0.2, -0.15) is 0 Å². The minimum Gasteiger partial charge on any atom is -0.352 e. The molecule has 2 heteroatoms. The smallest absolute Gasteiger partial charge is 0.224 e. The minimum absolute atomic E-state index is 0.0389. The number of rotatable bonds is 6. The lowest BCUT2D eigenvalue weighted by molar-refractivity contribution is -0.120. The fourth-order valence-corrected chi connectivity index (χ4v) is 3.39. The monoisotopic (exact) mass is 399 g/mol. The van der Waals surface area contributed by atoms with Gasteiger partial charge in [-0.05, 0) is 71.8 Å². The Kier molecular flexibility index (Phi) is 8.61. The van der Waals surface area contributed by atoms with Gasteiger partial charge < -0.3 is 5.32 Å². The second-order valence-corrected chi connectivity index (χ2v) is 7.37. The summed E-state index contributed by atoms with van der Waals surface area (Å²) in [7, 11) is 0. The molecule has 0 fully saturated rings. The number of hydrogen-bond donors (Lipinski definition) is 1. The van der Waals surface area contributed by atoms with Crippen LogP contribution in [-0.2, 0) is 17.8 Å². The fraction of sp³-hybridized carbons (Fsp3) is 0.250. The molecule has 0 saturated carbocycles. The third-order valence-electron chi connectivity index (χ3n) is 5.05. The molecule has 3 aromatic rings. The van der Waals surface area contributed by atoms with Crippen LogP contribution in [-0.4, -0.2) is 5.91 Å². The first kappa shape index (κ1) is 23.2. The number of hydrogen-bond acceptors (Lipinski definition) is 1. The molecule has 3 rings (SSSR count). The molecular formula is C28H33NO. The van der Waals surface area contributed by atoms with E-state index < -0.39 is 0 Å². The van der Waals surface area contributed by atoms with Crippen LogP contribution in [0.25, 0.3) is 17.2 Å². The Morgan fingerprint density at radius 3 is 2.33 bits per heavy atom. The first-order valence-corrected chi connectivity index (χ1v) is 10.6. The van der Waals surface area contributed by atoms with Crippen molar-refractivity contribution in [2.45, 2.75) is 47.6 Å². The van der Waals surface area contributed by atoms with Crippen LogP contribution in [0.3, 0.4) is 0 Å². The molecule has 0 spiro atoms. The summed E-state index contributed by atoms with van der Waals surface area (Å²) in [6.07, 6.45) is 2.30. The van der Waals surface area contributed by atoms with E-state index in [-0.39, 0.29) is 5.91 Å². The summed E-state index contributed by atoms with van der Waals surface area (Å²) in [5, 5.41) is 3.04. The number of nitrogens with one attached hydrogen (secondary N) is 1. The predicted octanol–water partition coefficient (Wildman–Crippen LogP) is 6.81. The molecule has 0 atom stereocenters. The molecule has 0 aliphatic heterocycles. The highest BCUT2D eigenvalue weighted by Crippen LogP contribution is 2.27. The summed E-state index contributed by atoms with van der Waals surface area (Å²) in [5.41, 5.74) is 9.25. The molecule has 0 radical (unpaired) electrons. The molecule has 0 aliphatic rings. The number of carbonyl (C=O) groups excluding carboxylic acids is 1. The van der Waals surface area contributed by atoms with Crippen LogP contribution in [0.4, 0.5) is 0 Å². The van der Waals surface area contributed by atoms with Crippen molar-refractivity contribution < 1.29 is 4.79 Å². The van der Waals surface area contributed by atoms with E-state index in [0.717, 1.165) is 16.7 Å². The Morgan fingerprint density at radius 2 is 1.63 bits per heavy atom. The predicted molar refractivity (Wildman–Crippen MR) is 130 cm³/mol. The van der Waals surface area contributed by atoms with E-state index in [1.54, 1.807) is 0 Å². The van der Waals surface area contributed by atoms with Crippen LogP contribution in [0.15, 0.2) is 67.2 Å². The van der Waals surface area contributed by atoms with Crippen molar-refractivity contribution in [1.29, 1.82) is 0 Å². The van der Waals surface area contributed by atoms with E-state index in [1.807, 2.05) is 45.0 Å². The largest absolute Gasteiger partial charge is 0.352 e. The van der Waals surface area contributed by atoms with E-state index in [4.69, 9.17) is 0 Å². The van der Waals surface area contributed by atoms with Crippen molar-refractivity contribution in [2.75, 3.05) is 0 Å². The van der Waals surface area contributed by atoms with Crippen LogP contribution < -0.4 is 5.32 Å². The van der Waals surface area contributed by atoms with Gasteiger partial charge in [0.1, 0.15) is 0 Å². The lowest BCUT2D eigenvalue weighted by Gasteiger charge is -2.12. The van der Waals surface area contributed by atoms with E-state index >= 15 is 0 Å². The molecule has 156 valence electrons. The molecule has 0 saturated heterocycles. The van der Waals surface area contributed by atoms with E-state index in [9.17, 15) is 4.79 Å². The molecule has 3 aromatic carbocycles. The maximum atomic E-state index is 12.3. The molecule has 0 heterocycles. The van der Waals surface area contributed by atoms with Crippen molar-refractivity contribution in [3.05, 3.63) is 101 Å². The van der Waals surface area contributed by atoms with Gasteiger partial charge in [-0.3, -0.25) is 4.79 Å². The molecule has 0 unspecified atom stereocenters. The zero-order valence-electron chi connectivity index (χ0n) is 18.9. The fourth-order valence-electron chi connectivity index (χ4n) is 3.39. The molecule has 2 nitrogen and oxygen atoms in total. The first-order valence-electron chi connectivity index (χ1n) is 10.6. The number of amides is 1. The van der Waals surface area contributed by atoms with Crippen molar-refractivity contribution in [1.82, 2.24) is 5.32 Å². The maximum Gasteiger partial charge on any atom is 0.224 e. The van der Waals surface area contributed by atoms with Crippen LogP contribution in [0, 0.1) is 20.8 Å². The van der Waals surface area contributed by atoms with Gasteiger partial charge in [0, 0.05) is 6.54 Å². The summed E-state index contributed by atoms with van der Waals surface area (Å²) < 4.78 is 0. The van der Waals surface area contributed by atoms with Gasteiger partial charge in [0.15, 0.2) is 0 Å². The highest BCUT2D eigenvalue weighted by atomic mass is 16.1. The Morgan fingerprint density at radius 1 is 0.900 bits per heavy atom. The van der Waals surface area contributed by atoms with Gasteiger partial charge in [-0.25, -0.2) is 0 Å². The molecule has 1 amide bonds. The van der Waals surface area contributed by atoms with E-state index in [2.05, 4.69) is 68.2 Å². The molecule has 0 aliphatic carbocycles. The topological polar surface area (TPSA) is 29.1 Å². The molecule has 0 aromatic heterocycles. The van der Waals surface area contributed by atoms with Crippen molar-refractivity contribution >= 4 is 12.0 Å². The Labute approximate surface area is 181 Å². The summed E-state index contributed by atoms with van der Waals surface area (Å²) in [5.74, 6) is 0.0389. The van der Waals surface area contributed by atoms with E-state index in [0.29, 0.717) is 13.0 Å². The summed E-state index contributed by atoms with van der Waals surface area (Å²) in [6.45, 7) is 14.7. The van der Waals surface area contributed by atoms with Gasteiger partial charge >= 0.3 is 0 Å². The second-order valence-electron chi connectivity index (χ2n) is 7.37. The summed E-state index contributed by atoms with van der Waals surface area (Å²) in [4.78, 5) is 12.3. The Bertz CT molecular complexity index is 1020. The maximum absolute atomic E-state index is 12.3. The SMILES string of the molecule is C=Cc1cc(-c2cc(CNC(=O)Cc3cccc(C)c3)ccc2C)ccc1C.CC. The number of benzene rings is 3. The van der Waals surface area contributed by atoms with Crippen molar-refractivity contribution in [3.8, 4) is 11.1 Å². The second kappa shape index (κ2) is 11.2. The third-order valence-corrected chi connectivity index (χ3v) is 5.05. The summed E-state index contributed by atoms with van der Waals surface area (Å²) in [6, 6.07) is 20.9. The van der Waals surface area contributed by atoms with Gasteiger partial charge in [0.25, 0.3) is 0 Å². The van der Waals surface area contributed by atoms with Crippen LogP contribution in [0.5, 0.6) is 0 Å². The lowest BCUT2D eigenvalue weighted by atomic mass is 9.95. The normalized spacial score (nSPS) is 10.0. The Hall–Kier alpha value is -3.13. The average molecular weight is 400 g/mol. The standard InChI is InChI=1S/C26H27NO.C2H6/c1-5-23-16-24(12-10-19(23)3)25-14-22(11-9-20(25)4)17-27-26(28)15-21-8-6-7-18(2)13-21;1-2/h5-14,16H,1,15,17H2,2-4H3,(H,27,28);1-2H3. The Balaban J connectivity index is 0.00000155. The van der Waals surface area contributed by atoms with Crippen molar-refractivity contribution in [3.63, 3.8) is 0 Å². The van der Waals surface area contributed by atoms with Crippen LogP contribution in [0.2, 0.25) is 0 Å². The van der Waals surface area contributed by atoms with Gasteiger partial charge in [-0.15, -0.1) is 0 Å². The third kappa shape index (κ3) is 6.18. The zero-order valence-corrected chi connectivity index (χ0v) is 18.9. The highest BCUT2D eigenvalue weighted by molar-refractivity contribution is 5.78. The van der Waals surface area contributed by atoms with Gasteiger partial charge in [-0.1, -0.05) is 80.6 Å². The highest BCUT2D eigenvalue weighted by Gasteiger charge is 2.08. The van der Waals surface area contributed by atoms with Crippen LogP contribution in [0.1, 0.15) is 47.2 Å². The quantitative estimate of drug-likeness (QED) is 0.485. The minimum atomic E-state index is 0.0389. The van der Waals surface area contributed by atoms with Crippen LogP contribution >= 0.6 is 0 Å². The number of carbonyl (C=O) groups is 1. The zero-order chi connectivity index (χ0) is 22.1. The molecule has 1 N–H and O–H groups in total. The number of aryl methyl sites for hydroxylation is 3. The van der Waals surface area contributed by atoms with Crippen molar-refractivity contribution in [2.24, 2.45) is 0 Å². The lowest BCUT2D eigenvalue weighted by Crippen LogP contribution is -2.24. The van der Waals surface area contributed by atoms with Gasteiger partial charge in [0.05, 0.1) is 6.42 Å². The van der Waals surface area contributed by atoms with Gasteiger partial charge in [0.2, 0.25) is 5.91 Å². The van der Waals surface area contributed by atoms with E-state index in [1.165, 1.54) is 27.8 Å². The summed E-state index contributed by atoms with van der Waals surface area (Å²) >= 11 is 0. The average Bonchev–Trinajstić information content (AvgIpc) is 2.75. The molecule has 0 bridgehead atoms. The molecule has 30 heavy (non-hydrogen) atoms. The first-order chi connectivity index (χ1) is 14.5. The molecular weight excluding hydrogens is 366 g/mol.